The number of aliphatic hydroxyl groups is 1. The number of unbranched alkanes of at least 4 members (excludes halogenated alkanes) is 2. The Morgan fingerprint density at radius 2 is 1.84 bits per heavy atom. The van der Waals surface area contributed by atoms with Gasteiger partial charge in [0.2, 0.25) is 15.9 Å². The third kappa shape index (κ3) is 8.42. The fourth-order valence-corrected chi connectivity index (χ4v) is 6.50. The highest BCUT2D eigenvalue weighted by atomic mass is 32.2. The third-order valence-corrected chi connectivity index (χ3v) is 9.13. The first-order valence-electron chi connectivity index (χ1n) is 13.1. The number of hydrogen-bond acceptors (Lipinski definition) is 7. The molecule has 0 bridgehead atoms. The number of nitrogens with one attached hydrogen (secondary N) is 1. The third-order valence-electron chi connectivity index (χ3n) is 6.48. The highest BCUT2D eigenvalue weighted by molar-refractivity contribution is 7.89. The molecule has 38 heavy (non-hydrogen) atoms. The number of nitrogens with zero attached hydrogens (tertiary/aromatic N) is 2. The molecule has 0 saturated carbocycles. The van der Waals surface area contributed by atoms with Gasteiger partial charge in [0.1, 0.15) is 5.78 Å². The topological polar surface area (TPSA) is 117 Å². The average molecular weight is 560 g/mol. The van der Waals surface area contributed by atoms with Gasteiger partial charge < -0.3 is 10.4 Å². The van der Waals surface area contributed by atoms with Gasteiger partial charge in [-0.3, -0.25) is 9.59 Å². The fraction of sp³-hybridized carbons (Fsp3) is 0.464. The molecule has 1 heterocycles. The van der Waals surface area contributed by atoms with Crippen molar-refractivity contribution in [1.29, 1.82) is 0 Å². The maximum absolute atomic E-state index is 13.7. The summed E-state index contributed by atoms with van der Waals surface area (Å²) in [6.45, 7) is 3.88. The van der Waals surface area contributed by atoms with Gasteiger partial charge in [-0.15, -0.1) is 11.3 Å². The second kappa shape index (κ2) is 14.5. The van der Waals surface area contributed by atoms with E-state index >= 15 is 0 Å². The number of sulfonamides is 1. The van der Waals surface area contributed by atoms with Crippen LogP contribution >= 0.6 is 11.3 Å². The van der Waals surface area contributed by atoms with Crippen molar-refractivity contribution in [2.45, 2.75) is 75.8 Å². The summed E-state index contributed by atoms with van der Waals surface area (Å²) in [7, 11) is -3.91. The predicted molar refractivity (Wildman–Crippen MR) is 151 cm³/mol. The van der Waals surface area contributed by atoms with Crippen LogP contribution < -0.4 is 5.32 Å². The second-order valence-electron chi connectivity index (χ2n) is 9.38. The normalized spacial score (nSPS) is 13.5. The Labute approximate surface area is 229 Å². The summed E-state index contributed by atoms with van der Waals surface area (Å²) < 4.78 is 29.5. The summed E-state index contributed by atoms with van der Waals surface area (Å²) in [4.78, 5) is 28.8. The van der Waals surface area contributed by atoms with Crippen LogP contribution in [-0.2, 0) is 26.0 Å². The zero-order valence-corrected chi connectivity index (χ0v) is 23.6. The number of Topliss-reactive ketones (excluding diaryl/α,β-unsaturated/α-hetero) is 1. The van der Waals surface area contributed by atoms with E-state index in [9.17, 15) is 23.1 Å². The van der Waals surface area contributed by atoms with E-state index in [0.29, 0.717) is 19.3 Å². The smallest absolute Gasteiger partial charge is 0.243 e. The van der Waals surface area contributed by atoms with Gasteiger partial charge in [0.25, 0.3) is 0 Å². The lowest BCUT2D eigenvalue weighted by molar-refractivity contribution is -0.126. The van der Waals surface area contributed by atoms with E-state index in [2.05, 4.69) is 10.3 Å². The van der Waals surface area contributed by atoms with E-state index in [-0.39, 0.29) is 42.5 Å². The van der Waals surface area contributed by atoms with Crippen molar-refractivity contribution in [1.82, 2.24) is 14.6 Å². The number of amides is 1. The lowest BCUT2D eigenvalue weighted by atomic mass is 10.0. The van der Waals surface area contributed by atoms with E-state index in [1.807, 2.05) is 37.3 Å². The minimum Gasteiger partial charge on any atom is -0.390 e. The lowest BCUT2D eigenvalue weighted by Crippen LogP contribution is -2.50. The molecule has 0 spiro atoms. The van der Waals surface area contributed by atoms with Gasteiger partial charge >= 0.3 is 0 Å². The Balaban J connectivity index is 1.83. The Kier molecular flexibility index (Phi) is 11.4. The molecule has 10 heteroatoms. The molecule has 2 atom stereocenters. The molecule has 206 valence electrons. The number of aromatic nitrogens is 1. The summed E-state index contributed by atoms with van der Waals surface area (Å²) in [5.41, 5.74) is 3.31. The van der Waals surface area contributed by atoms with Gasteiger partial charge in [0, 0.05) is 32.4 Å². The van der Waals surface area contributed by atoms with Crippen molar-refractivity contribution in [3.63, 3.8) is 0 Å². The molecule has 1 amide bonds. The largest absolute Gasteiger partial charge is 0.390 e. The van der Waals surface area contributed by atoms with Crippen molar-refractivity contribution in [3.8, 4) is 0 Å². The summed E-state index contributed by atoms with van der Waals surface area (Å²) in [6, 6.07) is 13.5. The average Bonchev–Trinajstić information content (AvgIpc) is 3.39. The van der Waals surface area contributed by atoms with Crippen molar-refractivity contribution < 1.29 is 23.1 Å². The van der Waals surface area contributed by atoms with Gasteiger partial charge in [-0.1, -0.05) is 57.0 Å². The zero-order valence-electron chi connectivity index (χ0n) is 22.0. The molecule has 0 aliphatic rings. The number of benzene rings is 2. The van der Waals surface area contributed by atoms with Gasteiger partial charge in [-0.05, 0) is 36.6 Å². The SMILES string of the molecule is CCCCCN(CC(O)C(Cc1ccccc1)NC(=O)CCC(=O)CC)S(=O)(=O)c1ccc2ncsc2c1. The van der Waals surface area contributed by atoms with Crippen LogP contribution in [0.2, 0.25) is 0 Å². The van der Waals surface area contributed by atoms with Gasteiger partial charge in [0.05, 0.1) is 32.8 Å². The summed E-state index contributed by atoms with van der Waals surface area (Å²) in [6.07, 6.45) is 2.11. The maximum Gasteiger partial charge on any atom is 0.243 e. The molecule has 1 aromatic heterocycles. The first kappa shape index (κ1) is 29.9. The highest BCUT2D eigenvalue weighted by Crippen LogP contribution is 2.25. The summed E-state index contributed by atoms with van der Waals surface area (Å²) in [5.74, 6) is -0.353. The Bertz CT molecular complexity index is 1290. The molecular formula is C28H37N3O5S2. The predicted octanol–water partition coefficient (Wildman–Crippen LogP) is 4.32. The Morgan fingerprint density at radius 1 is 1.08 bits per heavy atom. The van der Waals surface area contributed by atoms with E-state index in [0.717, 1.165) is 28.6 Å². The molecule has 2 aromatic carbocycles. The highest BCUT2D eigenvalue weighted by Gasteiger charge is 2.31. The molecule has 0 saturated heterocycles. The van der Waals surface area contributed by atoms with E-state index in [1.54, 1.807) is 30.6 Å². The number of carbonyl (C=O) groups excluding carboxylic acids is 2. The van der Waals surface area contributed by atoms with E-state index in [4.69, 9.17) is 0 Å². The van der Waals surface area contributed by atoms with Crippen LogP contribution in [0.3, 0.4) is 0 Å². The van der Waals surface area contributed by atoms with Crippen LogP contribution in [0.5, 0.6) is 0 Å². The Morgan fingerprint density at radius 3 is 2.55 bits per heavy atom. The minimum atomic E-state index is -3.91. The van der Waals surface area contributed by atoms with Gasteiger partial charge in [-0.25, -0.2) is 13.4 Å². The fourth-order valence-electron chi connectivity index (χ4n) is 4.19. The monoisotopic (exact) mass is 559 g/mol. The molecule has 3 aromatic rings. The molecule has 3 rings (SSSR count). The maximum atomic E-state index is 13.7. The van der Waals surface area contributed by atoms with Crippen LogP contribution in [0.25, 0.3) is 10.2 Å². The number of thiazole rings is 1. The summed E-state index contributed by atoms with van der Waals surface area (Å²) in [5, 5.41) is 14.2. The number of ketones is 1. The number of aliphatic hydroxyl groups excluding tert-OH is 1. The standard InChI is InChI=1S/C28H37N3O5S2/c1-3-5-9-16-31(38(35,36)23-13-14-24-27(18-23)37-20-29-24)19-26(33)25(17-21-10-7-6-8-11-21)30-28(34)15-12-22(32)4-2/h6-8,10-11,13-14,18,20,25-26,33H,3-5,9,12,15-17,19H2,1-2H3,(H,30,34). The molecule has 2 unspecified atom stereocenters. The first-order valence-corrected chi connectivity index (χ1v) is 15.4. The van der Waals surface area contributed by atoms with Crippen molar-refractivity contribution in [3.05, 3.63) is 59.6 Å². The number of carbonyl (C=O) groups is 2. The first-order chi connectivity index (χ1) is 18.2. The van der Waals surface area contributed by atoms with Crippen molar-refractivity contribution >= 4 is 43.3 Å². The van der Waals surface area contributed by atoms with Crippen molar-refractivity contribution in [2.24, 2.45) is 0 Å². The number of rotatable bonds is 16. The quantitative estimate of drug-likeness (QED) is 0.253. The van der Waals surface area contributed by atoms with Crippen LogP contribution in [-0.4, -0.2) is 59.7 Å². The van der Waals surface area contributed by atoms with E-state index < -0.39 is 22.2 Å². The molecular weight excluding hydrogens is 522 g/mol. The van der Waals surface area contributed by atoms with Gasteiger partial charge in [0.15, 0.2) is 0 Å². The van der Waals surface area contributed by atoms with Crippen LogP contribution in [0.15, 0.2) is 58.9 Å². The molecule has 0 radical (unpaired) electrons. The van der Waals surface area contributed by atoms with Crippen molar-refractivity contribution in [2.75, 3.05) is 13.1 Å². The van der Waals surface area contributed by atoms with Crippen LogP contribution in [0.4, 0.5) is 0 Å². The lowest BCUT2D eigenvalue weighted by Gasteiger charge is -2.30. The number of hydrogen-bond donors (Lipinski definition) is 2. The Hall–Kier alpha value is -2.66. The molecule has 8 nitrogen and oxygen atoms in total. The van der Waals surface area contributed by atoms with E-state index in [1.165, 1.54) is 15.6 Å². The molecule has 0 fully saturated rings. The second-order valence-corrected chi connectivity index (χ2v) is 12.2. The number of fused-ring (bicyclic) bond motifs is 1. The van der Waals surface area contributed by atoms with Gasteiger partial charge in [-0.2, -0.15) is 4.31 Å². The van der Waals surface area contributed by atoms with Crippen LogP contribution in [0.1, 0.15) is 57.9 Å². The molecule has 2 N–H and O–H groups in total. The molecule has 0 aliphatic carbocycles. The molecule has 0 aliphatic heterocycles. The summed E-state index contributed by atoms with van der Waals surface area (Å²) >= 11 is 1.37. The zero-order chi connectivity index (χ0) is 27.5. The van der Waals surface area contributed by atoms with Crippen LogP contribution in [0, 0.1) is 0 Å². The minimum absolute atomic E-state index is 0.00795.